The number of carbonyl (C=O) groups is 1. The zero-order chi connectivity index (χ0) is 18.8. The van der Waals surface area contributed by atoms with E-state index in [1.54, 1.807) is 11.3 Å². The van der Waals surface area contributed by atoms with Crippen LogP contribution in [-0.4, -0.2) is 45.2 Å². The second kappa shape index (κ2) is 8.10. The van der Waals surface area contributed by atoms with Crippen LogP contribution in [0.4, 0.5) is 0 Å². The van der Waals surface area contributed by atoms with Crippen molar-refractivity contribution in [2.75, 3.05) is 19.6 Å². The molecule has 0 saturated carbocycles. The zero-order valence-electron chi connectivity index (χ0n) is 16.3. The van der Waals surface area contributed by atoms with Crippen LogP contribution in [0.3, 0.4) is 0 Å². The highest BCUT2D eigenvalue weighted by atomic mass is 32.1. The number of piperidine rings is 1. The number of nitrogens with zero attached hydrogens (tertiary/aromatic N) is 4. The first-order valence-corrected chi connectivity index (χ1v) is 11.1. The molecule has 7 heteroatoms. The van der Waals surface area contributed by atoms with Gasteiger partial charge in [-0.1, -0.05) is 20.3 Å². The molecule has 2 aromatic heterocycles. The SMILES string of the molecule is CCCc1sc(C(=O)N2CCC(c3nnc4n3CCNC4)CC2)cc1CC. The predicted molar refractivity (Wildman–Crippen MR) is 107 cm³/mol. The highest BCUT2D eigenvalue weighted by Gasteiger charge is 2.29. The number of nitrogens with one attached hydrogen (secondary N) is 1. The van der Waals surface area contributed by atoms with Gasteiger partial charge < -0.3 is 14.8 Å². The summed E-state index contributed by atoms with van der Waals surface area (Å²) in [6.45, 7) is 8.74. The number of hydrogen-bond donors (Lipinski definition) is 1. The summed E-state index contributed by atoms with van der Waals surface area (Å²) in [5.74, 6) is 2.79. The van der Waals surface area contributed by atoms with E-state index in [0.717, 1.165) is 81.4 Å². The third-order valence-electron chi connectivity index (χ3n) is 5.76. The first-order chi connectivity index (χ1) is 13.2. The van der Waals surface area contributed by atoms with Gasteiger partial charge in [-0.05, 0) is 37.3 Å². The van der Waals surface area contributed by atoms with Crippen LogP contribution in [0.5, 0.6) is 0 Å². The molecule has 1 fully saturated rings. The average molecular weight is 388 g/mol. The van der Waals surface area contributed by atoms with Gasteiger partial charge in [0.15, 0.2) is 0 Å². The van der Waals surface area contributed by atoms with Gasteiger partial charge in [0.05, 0.1) is 11.4 Å². The van der Waals surface area contributed by atoms with E-state index in [-0.39, 0.29) is 5.91 Å². The molecule has 0 bridgehead atoms. The normalized spacial score (nSPS) is 17.9. The molecule has 0 spiro atoms. The Morgan fingerprint density at radius 3 is 2.81 bits per heavy atom. The van der Waals surface area contributed by atoms with Crippen molar-refractivity contribution in [2.45, 2.75) is 65.0 Å². The molecule has 0 aromatic carbocycles. The standard InChI is InChI=1S/C20H29N5OS/c1-3-5-16-14(4-2)12-17(27-16)20(26)24-9-6-15(7-10-24)19-23-22-18-13-21-8-11-25(18)19/h12,15,21H,3-11,13H2,1-2H3. The zero-order valence-corrected chi connectivity index (χ0v) is 17.1. The number of rotatable bonds is 5. The summed E-state index contributed by atoms with van der Waals surface area (Å²) < 4.78 is 2.28. The van der Waals surface area contributed by atoms with Crippen molar-refractivity contribution in [3.63, 3.8) is 0 Å². The van der Waals surface area contributed by atoms with Crippen molar-refractivity contribution >= 4 is 17.2 Å². The topological polar surface area (TPSA) is 63.1 Å². The van der Waals surface area contributed by atoms with Gasteiger partial charge in [0.1, 0.15) is 11.6 Å². The van der Waals surface area contributed by atoms with Crippen molar-refractivity contribution in [3.05, 3.63) is 33.0 Å². The van der Waals surface area contributed by atoms with E-state index in [9.17, 15) is 4.79 Å². The van der Waals surface area contributed by atoms with Crippen LogP contribution in [0.1, 0.15) is 70.8 Å². The molecule has 2 aromatic rings. The number of thiophene rings is 1. The largest absolute Gasteiger partial charge is 0.338 e. The molecule has 146 valence electrons. The average Bonchev–Trinajstić information content (AvgIpc) is 3.32. The summed E-state index contributed by atoms with van der Waals surface area (Å²) in [4.78, 5) is 17.3. The maximum Gasteiger partial charge on any atom is 0.263 e. The summed E-state index contributed by atoms with van der Waals surface area (Å²) in [7, 11) is 0. The number of hydrogen-bond acceptors (Lipinski definition) is 5. The second-order valence-corrected chi connectivity index (χ2v) is 8.67. The first-order valence-electron chi connectivity index (χ1n) is 10.2. The second-order valence-electron chi connectivity index (χ2n) is 7.53. The summed E-state index contributed by atoms with van der Waals surface area (Å²) in [5, 5.41) is 12.2. The number of aryl methyl sites for hydroxylation is 2. The Balaban J connectivity index is 1.42. The molecule has 1 N–H and O–H groups in total. The lowest BCUT2D eigenvalue weighted by Gasteiger charge is -2.31. The molecule has 4 heterocycles. The summed E-state index contributed by atoms with van der Waals surface area (Å²) in [5.41, 5.74) is 1.35. The molecule has 0 unspecified atom stereocenters. The first kappa shape index (κ1) is 18.6. The molecular weight excluding hydrogens is 358 g/mol. The molecule has 6 nitrogen and oxygen atoms in total. The van der Waals surface area contributed by atoms with Gasteiger partial charge in [-0.15, -0.1) is 21.5 Å². The molecule has 4 rings (SSSR count). The van der Waals surface area contributed by atoms with Gasteiger partial charge in [0, 0.05) is 37.0 Å². The predicted octanol–water partition coefficient (Wildman–Crippen LogP) is 2.98. The van der Waals surface area contributed by atoms with Crippen molar-refractivity contribution in [2.24, 2.45) is 0 Å². The molecule has 0 aliphatic carbocycles. The lowest BCUT2D eigenvalue weighted by atomic mass is 9.95. The minimum Gasteiger partial charge on any atom is -0.338 e. The highest BCUT2D eigenvalue weighted by Crippen LogP contribution is 2.31. The highest BCUT2D eigenvalue weighted by molar-refractivity contribution is 7.14. The smallest absolute Gasteiger partial charge is 0.263 e. The van der Waals surface area contributed by atoms with Crippen molar-refractivity contribution in [1.82, 2.24) is 25.0 Å². The Morgan fingerprint density at radius 2 is 2.07 bits per heavy atom. The Bertz CT molecular complexity index is 803. The van der Waals surface area contributed by atoms with E-state index in [4.69, 9.17) is 0 Å². The van der Waals surface area contributed by atoms with Gasteiger partial charge in [-0.2, -0.15) is 0 Å². The van der Waals surface area contributed by atoms with Crippen molar-refractivity contribution in [3.8, 4) is 0 Å². The van der Waals surface area contributed by atoms with E-state index in [0.29, 0.717) is 5.92 Å². The van der Waals surface area contributed by atoms with Crippen LogP contribution in [0.2, 0.25) is 0 Å². The number of carbonyl (C=O) groups excluding carboxylic acids is 1. The van der Waals surface area contributed by atoms with E-state index < -0.39 is 0 Å². The van der Waals surface area contributed by atoms with Gasteiger partial charge in [-0.25, -0.2) is 0 Å². The molecule has 0 radical (unpaired) electrons. The number of likely N-dealkylation sites (tertiary alicyclic amines) is 1. The van der Waals surface area contributed by atoms with E-state index in [1.165, 1.54) is 10.4 Å². The summed E-state index contributed by atoms with van der Waals surface area (Å²) in [6.07, 6.45) is 5.17. The van der Waals surface area contributed by atoms with Crippen molar-refractivity contribution in [1.29, 1.82) is 0 Å². The minimum atomic E-state index is 0.211. The quantitative estimate of drug-likeness (QED) is 0.857. The van der Waals surface area contributed by atoms with Gasteiger partial charge in [0.25, 0.3) is 5.91 Å². The maximum absolute atomic E-state index is 13.0. The van der Waals surface area contributed by atoms with E-state index in [1.807, 2.05) is 4.90 Å². The third-order valence-corrected chi connectivity index (χ3v) is 6.99. The molecule has 1 saturated heterocycles. The van der Waals surface area contributed by atoms with Gasteiger partial charge in [0.2, 0.25) is 0 Å². The fourth-order valence-corrected chi connectivity index (χ4v) is 5.55. The monoisotopic (exact) mass is 387 g/mol. The van der Waals surface area contributed by atoms with Crippen LogP contribution in [0.25, 0.3) is 0 Å². The van der Waals surface area contributed by atoms with Crippen LogP contribution in [0, 0.1) is 0 Å². The molecule has 2 aliphatic heterocycles. The molecule has 2 aliphatic rings. The van der Waals surface area contributed by atoms with Crippen LogP contribution < -0.4 is 5.32 Å². The molecule has 27 heavy (non-hydrogen) atoms. The minimum absolute atomic E-state index is 0.211. The Morgan fingerprint density at radius 1 is 1.26 bits per heavy atom. The van der Waals surface area contributed by atoms with Crippen LogP contribution >= 0.6 is 11.3 Å². The van der Waals surface area contributed by atoms with E-state index >= 15 is 0 Å². The Kier molecular flexibility index (Phi) is 5.59. The lowest BCUT2D eigenvalue weighted by Crippen LogP contribution is -2.38. The Hall–Kier alpha value is -1.73. The third kappa shape index (κ3) is 3.67. The van der Waals surface area contributed by atoms with Crippen LogP contribution in [0.15, 0.2) is 6.07 Å². The number of amides is 1. The molecule has 0 atom stereocenters. The van der Waals surface area contributed by atoms with Crippen LogP contribution in [-0.2, 0) is 25.9 Å². The fraction of sp³-hybridized carbons (Fsp3) is 0.650. The van der Waals surface area contributed by atoms with E-state index in [2.05, 4.69) is 40.0 Å². The Labute approximate surface area is 165 Å². The molecular formula is C20H29N5OS. The molecule has 1 amide bonds. The lowest BCUT2D eigenvalue weighted by molar-refractivity contribution is 0.0715. The van der Waals surface area contributed by atoms with Crippen molar-refractivity contribution < 1.29 is 4.79 Å². The number of aromatic nitrogens is 3. The summed E-state index contributed by atoms with van der Waals surface area (Å²) >= 11 is 1.70. The fourth-order valence-electron chi connectivity index (χ4n) is 4.22. The van der Waals surface area contributed by atoms with Gasteiger partial charge >= 0.3 is 0 Å². The number of fused-ring (bicyclic) bond motifs is 1. The summed E-state index contributed by atoms with van der Waals surface area (Å²) in [6, 6.07) is 2.13. The maximum atomic E-state index is 13.0. The van der Waals surface area contributed by atoms with Gasteiger partial charge in [-0.3, -0.25) is 4.79 Å².